The van der Waals surface area contributed by atoms with E-state index >= 15 is 0 Å². The van der Waals surface area contributed by atoms with Crippen LogP contribution >= 0.6 is 23.4 Å². The van der Waals surface area contributed by atoms with Gasteiger partial charge >= 0.3 is 0 Å². The largest absolute Gasteiger partial charge is 0.272 e. The van der Waals surface area contributed by atoms with E-state index in [4.69, 9.17) is 11.6 Å². The van der Waals surface area contributed by atoms with Crippen molar-refractivity contribution in [3.05, 3.63) is 64.7 Å². The molecule has 0 saturated carbocycles. The fraction of sp³-hybridized carbons (Fsp3) is 0.118. The lowest BCUT2D eigenvalue weighted by Gasteiger charge is -2.25. The summed E-state index contributed by atoms with van der Waals surface area (Å²) < 4.78 is 0. The number of halogens is 1. The minimum absolute atomic E-state index is 0.0353. The summed E-state index contributed by atoms with van der Waals surface area (Å²) in [6.45, 7) is 0.181. The SMILES string of the molecule is O=C1CN=C2c3ccccc3N=C(SCc3cccc(Cl)c3)N12. The third kappa shape index (κ3) is 2.66. The Morgan fingerprint density at radius 2 is 2.04 bits per heavy atom. The molecular formula is C17H12ClN3OS. The van der Waals surface area contributed by atoms with E-state index in [0.29, 0.717) is 21.8 Å². The van der Waals surface area contributed by atoms with Crippen molar-refractivity contribution in [2.75, 3.05) is 6.54 Å². The molecule has 2 heterocycles. The zero-order valence-corrected chi connectivity index (χ0v) is 13.6. The molecule has 2 aromatic rings. The molecular weight excluding hydrogens is 330 g/mol. The van der Waals surface area contributed by atoms with Gasteiger partial charge in [0.2, 0.25) is 0 Å². The average Bonchev–Trinajstić information content (AvgIpc) is 2.95. The van der Waals surface area contributed by atoms with Crippen LogP contribution in [0.5, 0.6) is 0 Å². The lowest BCUT2D eigenvalue weighted by molar-refractivity contribution is -0.122. The fourth-order valence-electron chi connectivity index (χ4n) is 2.59. The van der Waals surface area contributed by atoms with Crippen LogP contribution in [0, 0.1) is 0 Å². The molecule has 0 atom stereocenters. The van der Waals surface area contributed by atoms with E-state index in [-0.39, 0.29) is 12.5 Å². The highest BCUT2D eigenvalue weighted by molar-refractivity contribution is 8.13. The first kappa shape index (κ1) is 14.5. The zero-order chi connectivity index (χ0) is 15.8. The minimum atomic E-state index is -0.0353. The van der Waals surface area contributed by atoms with Gasteiger partial charge < -0.3 is 0 Å². The van der Waals surface area contributed by atoms with Crippen LogP contribution in [0.1, 0.15) is 11.1 Å². The van der Waals surface area contributed by atoms with Gasteiger partial charge in [0, 0.05) is 16.3 Å². The Bertz CT molecular complexity index is 862. The summed E-state index contributed by atoms with van der Waals surface area (Å²) in [5.41, 5.74) is 2.85. The zero-order valence-electron chi connectivity index (χ0n) is 12.1. The molecule has 2 aromatic carbocycles. The molecule has 0 N–H and O–H groups in total. The van der Waals surface area contributed by atoms with Gasteiger partial charge in [-0.25, -0.2) is 9.89 Å². The quantitative estimate of drug-likeness (QED) is 0.832. The molecule has 0 aliphatic carbocycles. The van der Waals surface area contributed by atoms with Gasteiger partial charge in [0.05, 0.1) is 5.69 Å². The van der Waals surface area contributed by atoms with E-state index in [1.807, 2.05) is 48.5 Å². The molecule has 1 amide bonds. The molecule has 0 aromatic heterocycles. The summed E-state index contributed by atoms with van der Waals surface area (Å²) in [6, 6.07) is 15.5. The number of carbonyl (C=O) groups is 1. The summed E-state index contributed by atoms with van der Waals surface area (Å²) in [5, 5.41) is 1.38. The maximum Gasteiger partial charge on any atom is 0.256 e. The Hall–Kier alpha value is -2.11. The molecule has 114 valence electrons. The van der Waals surface area contributed by atoms with Crippen LogP contribution in [-0.2, 0) is 10.5 Å². The lowest BCUT2D eigenvalue weighted by Crippen LogP contribution is -2.39. The second-order valence-electron chi connectivity index (χ2n) is 5.20. The molecule has 0 radical (unpaired) electrons. The van der Waals surface area contributed by atoms with Gasteiger partial charge in [0.15, 0.2) is 5.17 Å². The summed E-state index contributed by atoms with van der Waals surface area (Å²) in [6.07, 6.45) is 0. The molecule has 2 aliphatic heterocycles. The van der Waals surface area contributed by atoms with Crippen LogP contribution < -0.4 is 0 Å². The first-order valence-electron chi connectivity index (χ1n) is 7.15. The predicted octanol–water partition coefficient (Wildman–Crippen LogP) is 3.86. The molecule has 4 nitrogen and oxygen atoms in total. The number of aliphatic imine (C=N–C) groups is 2. The van der Waals surface area contributed by atoms with Crippen LogP contribution in [0.2, 0.25) is 5.02 Å². The fourth-order valence-corrected chi connectivity index (χ4v) is 3.76. The van der Waals surface area contributed by atoms with Crippen LogP contribution in [0.15, 0.2) is 58.5 Å². The molecule has 23 heavy (non-hydrogen) atoms. The van der Waals surface area contributed by atoms with Crippen molar-refractivity contribution in [1.82, 2.24) is 4.90 Å². The van der Waals surface area contributed by atoms with Crippen molar-refractivity contribution in [2.45, 2.75) is 5.75 Å². The number of hydrogen-bond donors (Lipinski definition) is 0. The Morgan fingerprint density at radius 1 is 1.17 bits per heavy atom. The summed E-state index contributed by atoms with van der Waals surface area (Å²) in [4.78, 5) is 22.8. The molecule has 2 aliphatic rings. The van der Waals surface area contributed by atoms with Crippen molar-refractivity contribution >= 4 is 46.0 Å². The van der Waals surface area contributed by atoms with Crippen LogP contribution in [0.3, 0.4) is 0 Å². The van der Waals surface area contributed by atoms with Crippen LogP contribution in [-0.4, -0.2) is 28.4 Å². The second-order valence-corrected chi connectivity index (χ2v) is 6.58. The van der Waals surface area contributed by atoms with Gasteiger partial charge in [-0.05, 0) is 29.8 Å². The molecule has 0 unspecified atom stereocenters. The summed E-state index contributed by atoms with van der Waals surface area (Å²) in [7, 11) is 0. The number of amidine groups is 2. The smallest absolute Gasteiger partial charge is 0.256 e. The van der Waals surface area contributed by atoms with E-state index in [9.17, 15) is 4.79 Å². The number of para-hydroxylation sites is 1. The second kappa shape index (κ2) is 5.83. The van der Waals surface area contributed by atoms with Gasteiger partial charge in [0.1, 0.15) is 12.4 Å². The number of amides is 1. The predicted molar refractivity (Wildman–Crippen MR) is 94.5 cm³/mol. The van der Waals surface area contributed by atoms with E-state index in [2.05, 4.69) is 9.98 Å². The number of nitrogens with zero attached hydrogens (tertiary/aromatic N) is 3. The van der Waals surface area contributed by atoms with E-state index < -0.39 is 0 Å². The van der Waals surface area contributed by atoms with Crippen molar-refractivity contribution in [3.63, 3.8) is 0 Å². The maximum absolute atomic E-state index is 12.2. The molecule has 0 fully saturated rings. The maximum atomic E-state index is 12.2. The number of benzene rings is 2. The molecule has 0 bridgehead atoms. The average molecular weight is 342 g/mol. The Kier molecular flexibility index (Phi) is 3.67. The minimum Gasteiger partial charge on any atom is -0.272 e. The summed E-state index contributed by atoms with van der Waals surface area (Å²) >= 11 is 7.54. The van der Waals surface area contributed by atoms with Crippen molar-refractivity contribution in [1.29, 1.82) is 0 Å². The van der Waals surface area contributed by atoms with Gasteiger partial charge in [0.25, 0.3) is 5.91 Å². The first-order chi connectivity index (χ1) is 11.2. The molecule has 6 heteroatoms. The van der Waals surface area contributed by atoms with Gasteiger partial charge in [-0.1, -0.05) is 47.6 Å². The summed E-state index contributed by atoms with van der Waals surface area (Å²) in [5.74, 6) is 1.36. The standard InChI is InChI=1S/C17H12ClN3OS/c18-12-5-3-4-11(8-12)10-23-17-20-14-7-2-1-6-13(14)16-19-9-15(22)21(16)17/h1-8H,9-10H2. The number of carbonyl (C=O) groups excluding carboxylic acids is 1. The highest BCUT2D eigenvalue weighted by atomic mass is 35.5. The van der Waals surface area contributed by atoms with Crippen molar-refractivity contribution < 1.29 is 4.79 Å². The van der Waals surface area contributed by atoms with E-state index in [0.717, 1.165) is 16.8 Å². The van der Waals surface area contributed by atoms with Gasteiger partial charge in [-0.3, -0.25) is 9.79 Å². The Balaban J connectivity index is 1.66. The number of rotatable bonds is 2. The number of hydrogen-bond acceptors (Lipinski definition) is 4. The van der Waals surface area contributed by atoms with E-state index in [1.165, 1.54) is 11.8 Å². The Morgan fingerprint density at radius 3 is 2.91 bits per heavy atom. The molecule has 0 saturated heterocycles. The highest BCUT2D eigenvalue weighted by Crippen LogP contribution is 2.33. The van der Waals surface area contributed by atoms with E-state index in [1.54, 1.807) is 4.90 Å². The van der Waals surface area contributed by atoms with Crippen LogP contribution in [0.25, 0.3) is 0 Å². The first-order valence-corrected chi connectivity index (χ1v) is 8.51. The molecule has 4 rings (SSSR count). The van der Waals surface area contributed by atoms with Gasteiger partial charge in [-0.2, -0.15) is 0 Å². The van der Waals surface area contributed by atoms with Crippen molar-refractivity contribution in [2.24, 2.45) is 9.98 Å². The lowest BCUT2D eigenvalue weighted by atomic mass is 10.1. The topological polar surface area (TPSA) is 45.0 Å². The van der Waals surface area contributed by atoms with Gasteiger partial charge in [-0.15, -0.1) is 0 Å². The molecule has 0 spiro atoms. The third-order valence-electron chi connectivity index (χ3n) is 3.63. The highest BCUT2D eigenvalue weighted by Gasteiger charge is 2.35. The number of thioether (sulfide) groups is 1. The third-order valence-corrected chi connectivity index (χ3v) is 4.88. The Labute approximate surface area is 142 Å². The number of fused-ring (bicyclic) bond motifs is 3. The normalized spacial score (nSPS) is 15.9. The monoisotopic (exact) mass is 341 g/mol. The van der Waals surface area contributed by atoms with Crippen molar-refractivity contribution in [3.8, 4) is 0 Å². The van der Waals surface area contributed by atoms with Crippen LogP contribution in [0.4, 0.5) is 5.69 Å².